The van der Waals surface area contributed by atoms with E-state index < -0.39 is 20.9 Å². The summed E-state index contributed by atoms with van der Waals surface area (Å²) in [5.74, 6) is 0.529. The Morgan fingerprint density at radius 3 is 2.62 bits per heavy atom. The van der Waals surface area contributed by atoms with Crippen LogP contribution in [0.3, 0.4) is 0 Å². The van der Waals surface area contributed by atoms with E-state index in [0.717, 1.165) is 0 Å². The highest BCUT2D eigenvalue weighted by atomic mass is 79.9. The summed E-state index contributed by atoms with van der Waals surface area (Å²) in [6.07, 6.45) is -0.127. The molecule has 0 aliphatic carbocycles. The lowest BCUT2D eigenvalue weighted by atomic mass is 10.1. The first-order chi connectivity index (χ1) is 9.86. The van der Waals surface area contributed by atoms with Crippen molar-refractivity contribution in [1.82, 2.24) is 0 Å². The minimum absolute atomic E-state index is 0.0710. The van der Waals surface area contributed by atoms with Gasteiger partial charge in [-0.05, 0) is 12.5 Å². The Morgan fingerprint density at radius 1 is 1.43 bits per heavy atom. The number of nitro groups is 1. The molecule has 1 atom stereocenters. The molecule has 0 N–H and O–H groups in total. The zero-order valence-electron chi connectivity index (χ0n) is 11.2. The molecule has 0 spiro atoms. The summed E-state index contributed by atoms with van der Waals surface area (Å²) in [7, 11) is -1.65. The van der Waals surface area contributed by atoms with Crippen molar-refractivity contribution in [3.63, 3.8) is 0 Å². The van der Waals surface area contributed by atoms with E-state index in [-0.39, 0.29) is 22.9 Å². The van der Waals surface area contributed by atoms with Gasteiger partial charge in [-0.25, -0.2) is 8.42 Å². The maximum Gasteiger partial charge on any atom is 0.277 e. The van der Waals surface area contributed by atoms with Gasteiger partial charge in [0, 0.05) is 10.9 Å². The molecular formula is C12H14BrNO6S. The van der Waals surface area contributed by atoms with Gasteiger partial charge in [0.2, 0.25) is 0 Å². The van der Waals surface area contributed by atoms with Gasteiger partial charge in [-0.1, -0.05) is 15.9 Å². The topological polar surface area (TPSA) is 95.7 Å². The maximum atomic E-state index is 11.4. The summed E-state index contributed by atoms with van der Waals surface area (Å²) < 4.78 is 33.6. The van der Waals surface area contributed by atoms with E-state index >= 15 is 0 Å². The summed E-state index contributed by atoms with van der Waals surface area (Å²) in [5.41, 5.74) is 0.367. The number of sulfone groups is 1. The molecule has 1 aromatic carbocycles. The first-order valence-corrected chi connectivity index (χ1v) is 9.09. The Bertz CT molecular complexity index is 660. The predicted molar refractivity (Wildman–Crippen MR) is 80.0 cm³/mol. The lowest BCUT2D eigenvalue weighted by Gasteiger charge is -2.15. The molecule has 0 bridgehead atoms. The SMILES string of the molecule is COc1cc(CBr)c([N+](=O)[O-])cc1OC1CCS(=O)(=O)C1. The van der Waals surface area contributed by atoms with Crippen molar-refractivity contribution >= 4 is 31.5 Å². The van der Waals surface area contributed by atoms with E-state index in [9.17, 15) is 18.5 Å². The van der Waals surface area contributed by atoms with E-state index in [2.05, 4.69) is 15.9 Å². The number of nitro benzene ring substituents is 1. The number of benzene rings is 1. The fourth-order valence-electron chi connectivity index (χ4n) is 2.15. The molecule has 1 aliphatic heterocycles. The van der Waals surface area contributed by atoms with Crippen LogP contribution in [-0.4, -0.2) is 38.1 Å². The van der Waals surface area contributed by atoms with Gasteiger partial charge in [0.15, 0.2) is 21.3 Å². The average Bonchev–Trinajstić information content (AvgIpc) is 2.77. The number of methoxy groups -OCH3 is 1. The number of halogens is 1. The number of hydrogen-bond donors (Lipinski definition) is 0. The number of rotatable bonds is 5. The van der Waals surface area contributed by atoms with Gasteiger partial charge in [-0.15, -0.1) is 0 Å². The molecule has 1 aliphatic rings. The van der Waals surface area contributed by atoms with Crippen LogP contribution in [0.5, 0.6) is 11.5 Å². The van der Waals surface area contributed by atoms with Gasteiger partial charge in [-0.3, -0.25) is 10.1 Å². The van der Waals surface area contributed by atoms with Crippen LogP contribution in [0.1, 0.15) is 12.0 Å². The Morgan fingerprint density at radius 2 is 2.14 bits per heavy atom. The highest BCUT2D eigenvalue weighted by molar-refractivity contribution is 9.08. The Balaban J connectivity index is 2.34. The van der Waals surface area contributed by atoms with Crippen molar-refractivity contribution in [2.75, 3.05) is 18.6 Å². The van der Waals surface area contributed by atoms with Gasteiger partial charge >= 0.3 is 0 Å². The summed E-state index contributed by atoms with van der Waals surface area (Å²) >= 11 is 3.19. The number of nitrogens with zero attached hydrogens (tertiary/aromatic N) is 1. The highest BCUT2D eigenvalue weighted by Gasteiger charge is 2.31. The first kappa shape index (κ1) is 16.0. The molecule has 21 heavy (non-hydrogen) atoms. The lowest BCUT2D eigenvalue weighted by molar-refractivity contribution is -0.385. The van der Waals surface area contributed by atoms with Crippen molar-refractivity contribution in [2.45, 2.75) is 17.9 Å². The molecule has 1 unspecified atom stereocenters. The zero-order valence-corrected chi connectivity index (χ0v) is 13.6. The van der Waals surface area contributed by atoms with Crippen LogP contribution in [-0.2, 0) is 15.2 Å². The monoisotopic (exact) mass is 379 g/mol. The fourth-order valence-corrected chi connectivity index (χ4v) is 4.19. The van der Waals surface area contributed by atoms with Gasteiger partial charge in [0.1, 0.15) is 6.10 Å². The van der Waals surface area contributed by atoms with Crippen molar-refractivity contribution in [1.29, 1.82) is 0 Å². The number of alkyl halides is 1. The van der Waals surface area contributed by atoms with Gasteiger partial charge in [0.25, 0.3) is 5.69 Å². The predicted octanol–water partition coefficient (Wildman–Crippen LogP) is 2.06. The molecule has 116 valence electrons. The van der Waals surface area contributed by atoms with Gasteiger partial charge in [0.05, 0.1) is 29.6 Å². The van der Waals surface area contributed by atoms with E-state index in [1.165, 1.54) is 19.2 Å². The second-order valence-electron chi connectivity index (χ2n) is 4.67. The fraction of sp³-hybridized carbons (Fsp3) is 0.500. The summed E-state index contributed by atoms with van der Waals surface area (Å²) in [6.45, 7) is 0. The van der Waals surface area contributed by atoms with Crippen LogP contribution >= 0.6 is 15.9 Å². The largest absolute Gasteiger partial charge is 0.493 e. The van der Waals surface area contributed by atoms with Crippen LogP contribution in [0.4, 0.5) is 5.69 Å². The summed E-state index contributed by atoms with van der Waals surface area (Å²) in [6, 6.07) is 2.80. The second-order valence-corrected chi connectivity index (χ2v) is 7.45. The third kappa shape index (κ3) is 3.65. The zero-order chi connectivity index (χ0) is 15.6. The van der Waals surface area contributed by atoms with Gasteiger partial charge in [-0.2, -0.15) is 0 Å². The molecule has 1 aromatic rings. The van der Waals surface area contributed by atoms with Crippen molar-refractivity contribution in [2.24, 2.45) is 0 Å². The van der Waals surface area contributed by atoms with Crippen LogP contribution in [0.15, 0.2) is 12.1 Å². The van der Waals surface area contributed by atoms with Crippen molar-refractivity contribution in [3.8, 4) is 11.5 Å². The minimum Gasteiger partial charge on any atom is -0.493 e. The van der Waals surface area contributed by atoms with E-state index in [4.69, 9.17) is 9.47 Å². The van der Waals surface area contributed by atoms with Crippen molar-refractivity contribution < 1.29 is 22.8 Å². The standard InChI is InChI=1S/C12H14BrNO6S/c1-19-11-4-8(6-13)10(14(15)16)5-12(11)20-9-2-3-21(17,18)7-9/h4-5,9H,2-3,6-7H2,1H3. The van der Waals surface area contributed by atoms with Crippen LogP contribution in [0.25, 0.3) is 0 Å². The van der Waals surface area contributed by atoms with Crippen LogP contribution in [0.2, 0.25) is 0 Å². The third-order valence-corrected chi connectivity index (χ3v) is 5.53. The molecular weight excluding hydrogens is 366 g/mol. The molecule has 0 saturated carbocycles. The lowest BCUT2D eigenvalue weighted by Crippen LogP contribution is -2.18. The number of hydrogen-bond acceptors (Lipinski definition) is 6. The molecule has 1 heterocycles. The molecule has 9 heteroatoms. The van der Waals surface area contributed by atoms with Gasteiger partial charge < -0.3 is 9.47 Å². The van der Waals surface area contributed by atoms with Crippen LogP contribution in [0, 0.1) is 10.1 Å². The molecule has 1 saturated heterocycles. The van der Waals surface area contributed by atoms with E-state index in [0.29, 0.717) is 23.1 Å². The number of ether oxygens (including phenoxy) is 2. The maximum absolute atomic E-state index is 11.4. The Labute approximate surface area is 130 Å². The summed E-state index contributed by atoms with van der Waals surface area (Å²) in [4.78, 5) is 10.6. The van der Waals surface area contributed by atoms with Crippen LogP contribution < -0.4 is 9.47 Å². The van der Waals surface area contributed by atoms with E-state index in [1.54, 1.807) is 0 Å². The highest BCUT2D eigenvalue weighted by Crippen LogP contribution is 2.37. The second kappa shape index (κ2) is 6.18. The molecule has 0 aromatic heterocycles. The molecule has 2 rings (SSSR count). The smallest absolute Gasteiger partial charge is 0.277 e. The Kier molecular flexibility index (Phi) is 4.72. The average molecular weight is 380 g/mol. The molecule has 0 amide bonds. The minimum atomic E-state index is -3.08. The third-order valence-electron chi connectivity index (χ3n) is 3.19. The summed E-state index contributed by atoms with van der Waals surface area (Å²) in [5, 5.41) is 11.4. The van der Waals surface area contributed by atoms with E-state index in [1.807, 2.05) is 0 Å². The quantitative estimate of drug-likeness (QED) is 0.441. The normalized spacial score (nSPS) is 20.2. The molecule has 0 radical (unpaired) electrons. The first-order valence-electron chi connectivity index (χ1n) is 6.14. The molecule has 7 nitrogen and oxygen atoms in total. The Hall–Kier alpha value is -1.35. The van der Waals surface area contributed by atoms with Crippen molar-refractivity contribution in [3.05, 3.63) is 27.8 Å². The molecule has 1 fully saturated rings.